The number of nitrogens with zero attached hydrogens (tertiary/aromatic N) is 4. The Hall–Kier alpha value is -6.72. The second-order valence-electron chi connectivity index (χ2n) is 12.9. The number of benzene rings is 7. The van der Waals surface area contributed by atoms with Crippen LogP contribution in [0.5, 0.6) is 0 Å². The molecule has 12 rings (SSSR count). The number of para-hydroxylation sites is 2. The largest absolute Gasteiger partial charge is 0.456 e. The van der Waals surface area contributed by atoms with E-state index in [0.29, 0.717) is 5.95 Å². The van der Waals surface area contributed by atoms with Gasteiger partial charge in [-0.15, -0.1) is 0 Å². The van der Waals surface area contributed by atoms with E-state index in [2.05, 4.69) is 149 Å². The van der Waals surface area contributed by atoms with Crippen molar-refractivity contribution in [2.75, 3.05) is 0 Å². The molecule has 12 aromatic rings. The summed E-state index contributed by atoms with van der Waals surface area (Å²) in [6.07, 6.45) is 0. The second kappa shape index (κ2) is 9.00. The topological polar surface area (TPSA) is 48.8 Å². The van der Waals surface area contributed by atoms with Crippen LogP contribution in [0.1, 0.15) is 0 Å². The number of furan rings is 1. The van der Waals surface area contributed by atoms with Crippen molar-refractivity contribution >= 4 is 87.2 Å². The van der Waals surface area contributed by atoms with Gasteiger partial charge in [0.15, 0.2) is 0 Å². The Morgan fingerprint density at radius 2 is 0.980 bits per heavy atom. The average molecular weight is 625 g/mol. The fraction of sp³-hybridized carbons (Fsp3) is 0. The third-order valence-electron chi connectivity index (χ3n) is 10.5. The Balaban J connectivity index is 1.35. The number of hydrogen-bond donors (Lipinski definition) is 0. The summed E-state index contributed by atoms with van der Waals surface area (Å²) in [6, 6.07) is 51.4. The van der Waals surface area contributed by atoms with E-state index >= 15 is 0 Å². The summed E-state index contributed by atoms with van der Waals surface area (Å²) in [7, 11) is 0. The van der Waals surface area contributed by atoms with Gasteiger partial charge < -0.3 is 8.98 Å². The van der Waals surface area contributed by atoms with E-state index in [4.69, 9.17) is 14.4 Å². The summed E-state index contributed by atoms with van der Waals surface area (Å²) in [5.74, 6) is 0.658. The van der Waals surface area contributed by atoms with E-state index in [1.807, 2.05) is 6.07 Å². The summed E-state index contributed by atoms with van der Waals surface area (Å²) in [6.45, 7) is 0. The van der Waals surface area contributed by atoms with Crippen molar-refractivity contribution < 1.29 is 4.42 Å². The first kappa shape index (κ1) is 25.4. The van der Waals surface area contributed by atoms with Gasteiger partial charge in [0.05, 0.1) is 33.3 Å². The number of aromatic nitrogens is 4. The van der Waals surface area contributed by atoms with E-state index in [0.717, 1.165) is 66.5 Å². The number of rotatable bonds is 3. The highest BCUT2D eigenvalue weighted by Gasteiger charge is 2.27. The predicted molar refractivity (Wildman–Crippen MR) is 201 cm³/mol. The van der Waals surface area contributed by atoms with Crippen molar-refractivity contribution in [2.24, 2.45) is 0 Å². The fourth-order valence-electron chi connectivity index (χ4n) is 8.55. The number of fused-ring (bicyclic) bond motifs is 2. The van der Waals surface area contributed by atoms with E-state index in [-0.39, 0.29) is 0 Å². The lowest BCUT2D eigenvalue weighted by molar-refractivity contribution is 0.669. The van der Waals surface area contributed by atoms with Crippen LogP contribution < -0.4 is 0 Å². The Morgan fingerprint density at radius 3 is 1.82 bits per heavy atom. The third kappa shape index (κ3) is 3.15. The molecule has 4 aromatic heterocycles. The molecule has 0 atom stereocenters. The smallest absolute Gasteiger partial charge is 0.235 e. The van der Waals surface area contributed by atoms with Crippen LogP contribution in [0.15, 0.2) is 150 Å². The van der Waals surface area contributed by atoms with Crippen LogP contribution in [0.25, 0.3) is 110 Å². The molecule has 5 heteroatoms. The van der Waals surface area contributed by atoms with Crippen molar-refractivity contribution in [3.63, 3.8) is 0 Å². The summed E-state index contributed by atoms with van der Waals surface area (Å²) in [4.78, 5) is 10.6. The summed E-state index contributed by atoms with van der Waals surface area (Å²) in [5, 5.41) is 10.6. The molecule has 226 valence electrons. The van der Waals surface area contributed by atoms with Gasteiger partial charge in [0.25, 0.3) is 0 Å². The molecule has 0 saturated heterocycles. The molecular formula is C44H24N4O. The molecule has 0 radical (unpaired) electrons. The Morgan fingerprint density at radius 1 is 0.388 bits per heavy atom. The van der Waals surface area contributed by atoms with Gasteiger partial charge in [0.2, 0.25) is 5.95 Å². The van der Waals surface area contributed by atoms with Crippen molar-refractivity contribution in [1.82, 2.24) is 19.1 Å². The molecule has 49 heavy (non-hydrogen) atoms. The van der Waals surface area contributed by atoms with E-state index < -0.39 is 0 Å². The van der Waals surface area contributed by atoms with Crippen LogP contribution >= 0.6 is 0 Å². The summed E-state index contributed by atoms with van der Waals surface area (Å²) >= 11 is 0. The highest BCUT2D eigenvalue weighted by molar-refractivity contribution is 6.42. The number of hydrogen-bond acceptors (Lipinski definition) is 3. The van der Waals surface area contributed by atoms with Crippen LogP contribution in [0.4, 0.5) is 0 Å². The quantitative estimate of drug-likeness (QED) is 0.196. The summed E-state index contributed by atoms with van der Waals surface area (Å²) in [5.41, 5.74) is 10.3. The first-order valence-corrected chi connectivity index (χ1v) is 16.6. The minimum absolute atomic E-state index is 0.658. The van der Waals surface area contributed by atoms with Gasteiger partial charge in [-0.3, -0.25) is 4.57 Å². The zero-order chi connectivity index (χ0) is 31.8. The lowest BCUT2D eigenvalue weighted by Crippen LogP contribution is -2.03. The predicted octanol–water partition coefficient (Wildman–Crippen LogP) is 11.4. The fourth-order valence-corrected chi connectivity index (χ4v) is 8.55. The zero-order valence-electron chi connectivity index (χ0n) is 26.1. The first-order chi connectivity index (χ1) is 24.3. The van der Waals surface area contributed by atoms with Crippen LogP contribution in [0.2, 0.25) is 0 Å². The van der Waals surface area contributed by atoms with Gasteiger partial charge in [-0.25, -0.2) is 9.97 Å². The lowest BCUT2D eigenvalue weighted by Gasteiger charge is -2.12. The molecule has 0 saturated carbocycles. The molecule has 0 aliphatic heterocycles. The molecule has 0 bridgehead atoms. The molecule has 0 N–H and O–H groups in total. The van der Waals surface area contributed by atoms with E-state index in [1.54, 1.807) is 0 Å². The van der Waals surface area contributed by atoms with Crippen LogP contribution in [-0.4, -0.2) is 19.1 Å². The Bertz CT molecular complexity index is 3260. The molecular weight excluding hydrogens is 601 g/mol. The van der Waals surface area contributed by atoms with Crippen molar-refractivity contribution in [1.29, 1.82) is 0 Å². The van der Waals surface area contributed by atoms with Gasteiger partial charge in [0, 0.05) is 49.0 Å². The molecule has 0 aliphatic carbocycles. The SMILES string of the molecule is c1ccc(-c2nc(-n3c4cccc5c6cccc7oc8ccc9c(c8c76)c6c(c54)c3ccc6n9-c3ccccc3)nc3ccccc23)cc1. The van der Waals surface area contributed by atoms with E-state index in [9.17, 15) is 0 Å². The molecule has 0 unspecified atom stereocenters. The minimum atomic E-state index is 0.658. The maximum atomic E-state index is 6.60. The zero-order valence-corrected chi connectivity index (χ0v) is 26.1. The maximum absolute atomic E-state index is 6.60. The first-order valence-electron chi connectivity index (χ1n) is 16.6. The Labute approximate surface area is 278 Å². The highest BCUT2D eigenvalue weighted by atomic mass is 16.3. The normalized spacial score (nSPS) is 12.5. The molecule has 8 aromatic carbocycles. The highest BCUT2D eigenvalue weighted by Crippen LogP contribution is 2.50. The van der Waals surface area contributed by atoms with Gasteiger partial charge in [-0.05, 0) is 65.4 Å². The van der Waals surface area contributed by atoms with Gasteiger partial charge in [-0.2, -0.15) is 0 Å². The van der Waals surface area contributed by atoms with Gasteiger partial charge >= 0.3 is 0 Å². The third-order valence-corrected chi connectivity index (χ3v) is 10.5. The molecule has 0 amide bonds. The van der Waals surface area contributed by atoms with Crippen molar-refractivity contribution in [2.45, 2.75) is 0 Å². The molecule has 0 spiro atoms. The maximum Gasteiger partial charge on any atom is 0.235 e. The minimum Gasteiger partial charge on any atom is -0.456 e. The monoisotopic (exact) mass is 624 g/mol. The van der Waals surface area contributed by atoms with Gasteiger partial charge in [0.1, 0.15) is 11.2 Å². The molecule has 0 aliphatic rings. The van der Waals surface area contributed by atoms with E-state index in [1.165, 1.54) is 37.7 Å². The molecule has 0 fully saturated rings. The Kier molecular flexibility index (Phi) is 4.66. The summed E-state index contributed by atoms with van der Waals surface area (Å²) < 4.78 is 11.3. The standard InChI is InChI=1S/C44H24N4O/c1-3-11-25(12-4-1)43-29-15-7-8-18-30(29)45-44(46-43)48-31-19-9-16-27-28-17-10-20-35-38(28)42-36(49-35)24-23-33-41(42)40-32(21-22-34(48)39(40)37(27)31)47(33)26-13-5-2-6-14-26/h1-24H. The molecule has 5 nitrogen and oxygen atoms in total. The second-order valence-corrected chi connectivity index (χ2v) is 12.9. The van der Waals surface area contributed by atoms with Crippen LogP contribution in [0, 0.1) is 0 Å². The van der Waals surface area contributed by atoms with Gasteiger partial charge in [-0.1, -0.05) is 91.0 Å². The van der Waals surface area contributed by atoms with Crippen LogP contribution in [-0.2, 0) is 0 Å². The molecule has 4 heterocycles. The average Bonchev–Trinajstić information content (AvgIpc) is 3.82. The lowest BCUT2D eigenvalue weighted by atomic mass is 9.95. The van der Waals surface area contributed by atoms with Crippen molar-refractivity contribution in [3.05, 3.63) is 146 Å². The van der Waals surface area contributed by atoms with Crippen LogP contribution in [0.3, 0.4) is 0 Å². The van der Waals surface area contributed by atoms with Crippen molar-refractivity contribution in [3.8, 4) is 22.9 Å².